The number of carbonyl (C=O) groups excluding carboxylic acids is 1. The van der Waals surface area contributed by atoms with E-state index in [1.807, 2.05) is 0 Å². The Morgan fingerprint density at radius 3 is 2.86 bits per heavy atom. The van der Waals surface area contributed by atoms with E-state index in [9.17, 15) is 9.18 Å². The summed E-state index contributed by atoms with van der Waals surface area (Å²) in [5, 5.41) is 0. The maximum Gasteiger partial charge on any atom is 0.163 e. The van der Waals surface area contributed by atoms with E-state index < -0.39 is 0 Å². The number of aryl methyl sites for hydroxylation is 1. The molecular weight excluding hydrogens is 179 g/mol. The fourth-order valence-electron chi connectivity index (χ4n) is 1.31. The summed E-state index contributed by atoms with van der Waals surface area (Å²) in [4.78, 5) is 11.6. The molecule has 74 valence electrons. The number of hydrogen-bond acceptors (Lipinski definition) is 1. The Morgan fingerprint density at radius 1 is 1.57 bits per heavy atom. The SMILES string of the molecule is C=CCCC(=O)c1ccc(F)cc1C. The molecule has 2 heteroatoms. The summed E-state index contributed by atoms with van der Waals surface area (Å²) in [7, 11) is 0. The second-order valence-corrected chi connectivity index (χ2v) is 3.21. The third-order valence-electron chi connectivity index (χ3n) is 2.06. The van der Waals surface area contributed by atoms with E-state index in [1.165, 1.54) is 18.2 Å². The molecule has 0 aliphatic carbocycles. The molecule has 0 N–H and O–H groups in total. The van der Waals surface area contributed by atoms with E-state index in [0.717, 1.165) is 0 Å². The van der Waals surface area contributed by atoms with Gasteiger partial charge in [0.05, 0.1) is 0 Å². The van der Waals surface area contributed by atoms with Gasteiger partial charge >= 0.3 is 0 Å². The summed E-state index contributed by atoms with van der Waals surface area (Å²) in [6.07, 6.45) is 2.81. The van der Waals surface area contributed by atoms with Crippen molar-refractivity contribution in [3.63, 3.8) is 0 Å². The van der Waals surface area contributed by atoms with Crippen molar-refractivity contribution in [1.82, 2.24) is 0 Å². The van der Waals surface area contributed by atoms with Crippen LogP contribution >= 0.6 is 0 Å². The number of carbonyl (C=O) groups is 1. The van der Waals surface area contributed by atoms with E-state index in [0.29, 0.717) is 24.0 Å². The maximum atomic E-state index is 12.7. The van der Waals surface area contributed by atoms with Crippen LogP contribution in [0.5, 0.6) is 0 Å². The third-order valence-corrected chi connectivity index (χ3v) is 2.06. The average Bonchev–Trinajstić information content (AvgIpc) is 2.14. The summed E-state index contributed by atoms with van der Waals surface area (Å²) < 4.78 is 12.7. The van der Waals surface area contributed by atoms with Gasteiger partial charge in [0.1, 0.15) is 5.82 Å². The highest BCUT2D eigenvalue weighted by Crippen LogP contribution is 2.13. The maximum absolute atomic E-state index is 12.7. The Bertz CT molecular complexity index is 355. The lowest BCUT2D eigenvalue weighted by molar-refractivity contribution is 0.0983. The van der Waals surface area contributed by atoms with Crippen molar-refractivity contribution in [3.8, 4) is 0 Å². The predicted molar refractivity (Wildman–Crippen MR) is 54.9 cm³/mol. The van der Waals surface area contributed by atoms with Crippen molar-refractivity contribution >= 4 is 5.78 Å². The number of Topliss-reactive ketones (excluding diaryl/α,β-unsaturated/α-hetero) is 1. The summed E-state index contributed by atoms with van der Waals surface area (Å²) >= 11 is 0. The zero-order valence-corrected chi connectivity index (χ0v) is 8.22. The highest BCUT2D eigenvalue weighted by Gasteiger charge is 2.08. The van der Waals surface area contributed by atoms with Gasteiger partial charge in [-0.05, 0) is 37.1 Å². The molecule has 0 bridgehead atoms. The van der Waals surface area contributed by atoms with Crippen LogP contribution in [0.2, 0.25) is 0 Å². The lowest BCUT2D eigenvalue weighted by atomic mass is 10.0. The van der Waals surface area contributed by atoms with Gasteiger partial charge in [-0.15, -0.1) is 6.58 Å². The lowest BCUT2D eigenvalue weighted by Gasteiger charge is -2.03. The topological polar surface area (TPSA) is 17.1 Å². The van der Waals surface area contributed by atoms with Gasteiger partial charge in [0.15, 0.2) is 5.78 Å². The fraction of sp³-hybridized carbons (Fsp3) is 0.250. The fourth-order valence-corrected chi connectivity index (χ4v) is 1.31. The van der Waals surface area contributed by atoms with E-state index in [1.54, 1.807) is 13.0 Å². The van der Waals surface area contributed by atoms with Gasteiger partial charge in [-0.2, -0.15) is 0 Å². The van der Waals surface area contributed by atoms with Crippen molar-refractivity contribution in [2.75, 3.05) is 0 Å². The number of rotatable bonds is 4. The minimum atomic E-state index is -0.303. The van der Waals surface area contributed by atoms with E-state index in [4.69, 9.17) is 0 Å². The van der Waals surface area contributed by atoms with Gasteiger partial charge < -0.3 is 0 Å². The van der Waals surface area contributed by atoms with Crippen molar-refractivity contribution in [3.05, 3.63) is 47.8 Å². The first-order valence-corrected chi connectivity index (χ1v) is 4.55. The molecule has 0 unspecified atom stereocenters. The molecule has 0 saturated heterocycles. The Balaban J connectivity index is 2.84. The Hall–Kier alpha value is -1.44. The van der Waals surface area contributed by atoms with Gasteiger partial charge in [0.25, 0.3) is 0 Å². The summed E-state index contributed by atoms with van der Waals surface area (Å²) in [5.74, 6) is -0.259. The van der Waals surface area contributed by atoms with E-state index in [2.05, 4.69) is 6.58 Å². The summed E-state index contributed by atoms with van der Waals surface area (Å²) in [5.41, 5.74) is 1.30. The van der Waals surface area contributed by atoms with Crippen LogP contribution in [0, 0.1) is 12.7 Å². The standard InChI is InChI=1S/C12H13FO/c1-3-4-5-12(14)11-7-6-10(13)8-9(11)2/h3,6-8H,1,4-5H2,2H3. The van der Waals surface area contributed by atoms with Crippen molar-refractivity contribution in [2.45, 2.75) is 19.8 Å². The second kappa shape index (κ2) is 4.70. The molecule has 0 spiro atoms. The van der Waals surface area contributed by atoms with Crippen LogP contribution in [-0.2, 0) is 0 Å². The van der Waals surface area contributed by atoms with Gasteiger partial charge in [0, 0.05) is 12.0 Å². The first-order chi connectivity index (χ1) is 6.65. The van der Waals surface area contributed by atoms with Crippen molar-refractivity contribution < 1.29 is 9.18 Å². The molecule has 1 nitrogen and oxygen atoms in total. The van der Waals surface area contributed by atoms with Crippen LogP contribution in [-0.4, -0.2) is 5.78 Å². The zero-order valence-electron chi connectivity index (χ0n) is 8.22. The molecule has 0 radical (unpaired) electrons. The highest BCUT2D eigenvalue weighted by atomic mass is 19.1. The number of benzene rings is 1. The van der Waals surface area contributed by atoms with Crippen molar-refractivity contribution in [2.24, 2.45) is 0 Å². The normalized spacial score (nSPS) is 9.86. The van der Waals surface area contributed by atoms with Gasteiger partial charge in [-0.25, -0.2) is 4.39 Å². The molecule has 0 aromatic heterocycles. The largest absolute Gasteiger partial charge is 0.294 e. The van der Waals surface area contributed by atoms with Crippen LogP contribution < -0.4 is 0 Å². The van der Waals surface area contributed by atoms with E-state index in [-0.39, 0.29) is 11.6 Å². The van der Waals surface area contributed by atoms with Gasteiger partial charge in [0.2, 0.25) is 0 Å². The Labute approximate surface area is 83.3 Å². The Kier molecular flexibility index (Phi) is 3.57. The average molecular weight is 192 g/mol. The zero-order chi connectivity index (χ0) is 10.6. The molecule has 0 amide bonds. The smallest absolute Gasteiger partial charge is 0.163 e. The van der Waals surface area contributed by atoms with Gasteiger partial charge in [-0.3, -0.25) is 4.79 Å². The molecule has 1 aromatic rings. The van der Waals surface area contributed by atoms with Crippen LogP contribution in [0.15, 0.2) is 30.9 Å². The van der Waals surface area contributed by atoms with Gasteiger partial charge in [-0.1, -0.05) is 6.08 Å². The molecule has 0 aliphatic heterocycles. The summed E-state index contributed by atoms with van der Waals surface area (Å²) in [6.45, 7) is 5.29. The molecule has 0 aliphatic rings. The molecule has 0 saturated carbocycles. The second-order valence-electron chi connectivity index (χ2n) is 3.21. The van der Waals surface area contributed by atoms with Crippen molar-refractivity contribution in [1.29, 1.82) is 0 Å². The number of hydrogen-bond donors (Lipinski definition) is 0. The predicted octanol–water partition coefficient (Wildman–Crippen LogP) is 3.28. The molecule has 1 rings (SSSR count). The molecule has 0 fully saturated rings. The van der Waals surface area contributed by atoms with E-state index >= 15 is 0 Å². The minimum Gasteiger partial charge on any atom is -0.294 e. The lowest BCUT2D eigenvalue weighted by Crippen LogP contribution is -2.01. The Morgan fingerprint density at radius 2 is 2.29 bits per heavy atom. The number of ketones is 1. The van der Waals surface area contributed by atoms with Crippen LogP contribution in [0.1, 0.15) is 28.8 Å². The monoisotopic (exact) mass is 192 g/mol. The molecule has 0 heterocycles. The summed E-state index contributed by atoms with van der Waals surface area (Å²) in [6, 6.07) is 4.23. The third kappa shape index (κ3) is 2.52. The van der Waals surface area contributed by atoms with Crippen LogP contribution in [0.25, 0.3) is 0 Å². The molecular formula is C12H13FO. The minimum absolute atomic E-state index is 0.0439. The molecule has 0 atom stereocenters. The quantitative estimate of drug-likeness (QED) is 0.528. The highest BCUT2D eigenvalue weighted by molar-refractivity contribution is 5.97. The molecule has 14 heavy (non-hydrogen) atoms. The number of allylic oxidation sites excluding steroid dienone is 1. The first-order valence-electron chi connectivity index (χ1n) is 4.55. The van der Waals surface area contributed by atoms with Crippen LogP contribution in [0.3, 0.4) is 0 Å². The van der Waals surface area contributed by atoms with Crippen LogP contribution in [0.4, 0.5) is 4.39 Å². The molecule has 1 aromatic carbocycles. The first kappa shape index (κ1) is 10.6. The number of halogens is 1.